The van der Waals surface area contributed by atoms with Crippen LogP contribution in [0, 0.1) is 41.4 Å². The third kappa shape index (κ3) is 42.8. The molecule has 0 bridgehead atoms. The van der Waals surface area contributed by atoms with E-state index >= 15 is 0 Å². The van der Waals surface area contributed by atoms with Crippen LogP contribution in [0.2, 0.25) is 0 Å². The third-order valence-corrected chi connectivity index (χ3v) is 22.0. The van der Waals surface area contributed by atoms with Crippen LogP contribution in [0.4, 0.5) is 0 Å². The molecular weight excluding hydrogens is 1790 g/mol. The number of aliphatic hydroxyl groups is 2. The van der Waals surface area contributed by atoms with Gasteiger partial charge in [0.1, 0.15) is 84.6 Å². The van der Waals surface area contributed by atoms with Crippen LogP contribution < -0.4 is 108 Å². The summed E-state index contributed by atoms with van der Waals surface area (Å²) >= 11 is 0. The molecule has 2 rings (SSSR count). The van der Waals surface area contributed by atoms with E-state index in [2.05, 4.69) is 90.4 Å². The Morgan fingerprint density at radius 1 is 0.324 bits per heavy atom. The first-order valence-electron chi connectivity index (χ1n) is 45.4. The molecule has 766 valence electrons. The van der Waals surface area contributed by atoms with E-state index in [4.69, 9.17) is 17.2 Å². The zero-order chi connectivity index (χ0) is 103. The van der Waals surface area contributed by atoms with Crippen LogP contribution >= 0.6 is 0 Å². The summed E-state index contributed by atoms with van der Waals surface area (Å²) in [5, 5.41) is 88.9. The number of carbonyl (C=O) groups excluding carboxylic acids is 21. The average Bonchev–Trinajstić information content (AvgIpc) is 1.66. The molecule has 0 unspecified atom stereocenters. The number of hydrogen-bond acceptors (Lipinski definition) is 27. The number of amides is 21. The molecule has 51 heteroatoms. The Labute approximate surface area is 787 Å². The molecule has 2 fully saturated rings. The lowest BCUT2D eigenvalue weighted by Gasteiger charge is -2.31. The molecule has 136 heavy (non-hydrogen) atoms. The van der Waals surface area contributed by atoms with Gasteiger partial charge in [0.25, 0.3) is 0 Å². The van der Waals surface area contributed by atoms with Crippen molar-refractivity contribution in [3.05, 3.63) is 0 Å². The van der Waals surface area contributed by atoms with Crippen LogP contribution in [-0.4, -0.2) is 327 Å². The molecule has 0 radical (unpaired) electrons. The van der Waals surface area contributed by atoms with Gasteiger partial charge in [-0.25, -0.2) is 4.79 Å². The minimum absolute atomic E-state index is 0.0336. The van der Waals surface area contributed by atoms with Gasteiger partial charge < -0.3 is 143 Å². The van der Waals surface area contributed by atoms with E-state index in [-0.39, 0.29) is 75.8 Å². The third-order valence-electron chi connectivity index (χ3n) is 22.0. The van der Waals surface area contributed by atoms with Crippen LogP contribution in [0.5, 0.6) is 0 Å². The average molecular weight is 1940 g/mol. The maximum atomic E-state index is 14.4. The maximum absolute atomic E-state index is 14.4. The number of carboxylic acids is 3. The first-order valence-corrected chi connectivity index (χ1v) is 45.4. The van der Waals surface area contributed by atoms with Gasteiger partial charge in [-0.1, -0.05) is 103 Å². The number of carbonyl (C=O) groups is 24. The smallest absolute Gasteiger partial charge is 0.326 e. The first kappa shape index (κ1) is 119. The summed E-state index contributed by atoms with van der Waals surface area (Å²) in [5.74, 6) is -27.7. The SMILES string of the molecule is CC[C@H](C)[C@H](N)C(=O)N1CCC[C@H]1C(=O)N[C@@H](CCC(=O)O)C(=O)N[C@H](C(=O)N[C@@H](CCC(N)=O)C(=O)N[C@@H](CC(C)C)C(=O)N[C@H](C(=O)N[C@@H](CCC(=O)O)C(=O)N[C@@H](CO)C(=O)NCC(=O)NCC(=O)NCC(=O)N[C@@H](CC(C)C)C(=O)N[C@H](C(=O)N[C@@H](CCC(N)=O)C(=O)N1CCC[C@H]1C(=O)NCC(=O)NCC(=O)N[C@@H](CO)C(=O)N[C@@H](CC(C)C)C(=O)O)C(C)C)C(C)C)C(C)C. The normalized spacial score (nSPS) is 16.6. The summed E-state index contributed by atoms with van der Waals surface area (Å²) in [6.45, 7) is 16.9. The molecule has 28 N–H and O–H groups in total. The molecule has 2 aliphatic heterocycles. The van der Waals surface area contributed by atoms with Crippen molar-refractivity contribution in [1.82, 2.24) is 100 Å². The number of aliphatic carboxylic acids is 3. The highest BCUT2D eigenvalue weighted by Gasteiger charge is 2.44. The fourth-order valence-corrected chi connectivity index (χ4v) is 14.2. The molecule has 21 amide bonds. The predicted octanol–water partition coefficient (Wildman–Crippen LogP) is -8.82. The predicted molar refractivity (Wildman–Crippen MR) is 480 cm³/mol. The van der Waals surface area contributed by atoms with Gasteiger partial charge in [-0.3, -0.25) is 110 Å². The van der Waals surface area contributed by atoms with E-state index in [1.54, 1.807) is 48.5 Å². The molecule has 0 aromatic rings. The summed E-state index contributed by atoms with van der Waals surface area (Å²) in [5.41, 5.74) is 17.1. The number of likely N-dealkylation sites (tertiary alicyclic amines) is 2. The highest BCUT2D eigenvalue weighted by Crippen LogP contribution is 2.24. The second-order valence-corrected chi connectivity index (χ2v) is 35.9. The van der Waals surface area contributed by atoms with Gasteiger partial charge in [0, 0.05) is 38.8 Å². The molecule has 0 aromatic carbocycles. The summed E-state index contributed by atoms with van der Waals surface area (Å²) in [7, 11) is 0. The van der Waals surface area contributed by atoms with Gasteiger partial charge in [0.2, 0.25) is 124 Å². The van der Waals surface area contributed by atoms with Crippen molar-refractivity contribution in [2.75, 3.05) is 59.0 Å². The van der Waals surface area contributed by atoms with E-state index in [0.29, 0.717) is 12.8 Å². The first-order chi connectivity index (χ1) is 63.6. The number of hydrogen-bond donors (Lipinski definition) is 25. The van der Waals surface area contributed by atoms with Gasteiger partial charge >= 0.3 is 17.9 Å². The Bertz CT molecular complexity index is 4210. The Hall–Kier alpha value is -12.8. The van der Waals surface area contributed by atoms with Crippen LogP contribution in [0.1, 0.15) is 200 Å². The fraction of sp³-hybridized carbons (Fsp3) is 0.718. The van der Waals surface area contributed by atoms with Gasteiger partial charge in [0.05, 0.1) is 52.0 Å². The topological polar surface area (TPSA) is 800 Å². The molecule has 0 spiro atoms. The van der Waals surface area contributed by atoms with Gasteiger partial charge in [0.15, 0.2) is 0 Å². The molecule has 0 aliphatic carbocycles. The molecule has 2 heterocycles. The summed E-state index contributed by atoms with van der Waals surface area (Å²) in [4.78, 5) is 321. The van der Waals surface area contributed by atoms with E-state index < -0.39 is 347 Å². The lowest BCUT2D eigenvalue weighted by atomic mass is 9.98. The monoisotopic (exact) mass is 1940 g/mol. The number of nitrogens with one attached hydrogen (secondary N) is 17. The minimum atomic E-state index is -1.90. The Kier molecular flexibility index (Phi) is 52.4. The fourth-order valence-electron chi connectivity index (χ4n) is 14.2. The van der Waals surface area contributed by atoms with Gasteiger partial charge in [-0.2, -0.15) is 0 Å². The van der Waals surface area contributed by atoms with Crippen molar-refractivity contribution in [2.45, 2.75) is 290 Å². The second kappa shape index (κ2) is 59.8. The maximum Gasteiger partial charge on any atom is 0.326 e. The van der Waals surface area contributed by atoms with E-state index in [1.165, 1.54) is 46.4 Å². The number of rotatable bonds is 62. The van der Waals surface area contributed by atoms with Crippen LogP contribution in [0.25, 0.3) is 0 Å². The molecule has 0 aromatic heterocycles. The largest absolute Gasteiger partial charge is 0.481 e. The Morgan fingerprint density at radius 3 is 1.01 bits per heavy atom. The number of aliphatic hydroxyl groups excluding tert-OH is 2. The molecule has 0 saturated carbocycles. The number of nitrogens with two attached hydrogens (primary N) is 3. The van der Waals surface area contributed by atoms with E-state index in [0.717, 1.165) is 4.90 Å². The molecular formula is C85H142N22O29. The van der Waals surface area contributed by atoms with Crippen molar-refractivity contribution in [1.29, 1.82) is 0 Å². The highest BCUT2D eigenvalue weighted by molar-refractivity contribution is 6.02. The lowest BCUT2D eigenvalue weighted by molar-refractivity contribution is -0.143. The Morgan fingerprint density at radius 2 is 0.625 bits per heavy atom. The van der Waals surface area contributed by atoms with Crippen molar-refractivity contribution < 1.29 is 141 Å². The highest BCUT2D eigenvalue weighted by atomic mass is 16.4. The van der Waals surface area contributed by atoms with Crippen LogP contribution in [0.3, 0.4) is 0 Å². The molecule has 2 saturated heterocycles. The van der Waals surface area contributed by atoms with Gasteiger partial charge in [-0.05, 0) is 112 Å². The molecule has 16 atom stereocenters. The van der Waals surface area contributed by atoms with Crippen molar-refractivity contribution >= 4 is 142 Å². The van der Waals surface area contributed by atoms with Crippen LogP contribution in [0.15, 0.2) is 0 Å². The van der Waals surface area contributed by atoms with E-state index in [9.17, 15) is 141 Å². The number of nitrogens with zero attached hydrogens (tertiary/aromatic N) is 2. The Balaban J connectivity index is 2.16. The minimum Gasteiger partial charge on any atom is -0.481 e. The van der Waals surface area contributed by atoms with E-state index in [1.807, 2.05) is 6.92 Å². The zero-order valence-corrected chi connectivity index (χ0v) is 79.5. The zero-order valence-electron chi connectivity index (χ0n) is 79.5. The number of carboxylic acid groups (broad SMARTS) is 3. The van der Waals surface area contributed by atoms with Crippen molar-refractivity contribution in [3.63, 3.8) is 0 Å². The molecule has 2 aliphatic rings. The number of primary amides is 2. The summed E-state index contributed by atoms with van der Waals surface area (Å²) in [6.07, 6.45) is -2.97. The second-order valence-electron chi connectivity index (χ2n) is 35.9. The van der Waals surface area contributed by atoms with Gasteiger partial charge in [-0.15, -0.1) is 0 Å². The summed E-state index contributed by atoms with van der Waals surface area (Å²) < 4.78 is 0. The lowest BCUT2D eigenvalue weighted by Crippen LogP contribution is -2.61. The molecule has 51 nitrogen and oxygen atoms in total. The van der Waals surface area contributed by atoms with Crippen LogP contribution in [-0.2, 0) is 115 Å². The summed E-state index contributed by atoms with van der Waals surface area (Å²) in [6, 6.07) is -22.1. The quantitative estimate of drug-likeness (QED) is 0.0269. The van der Waals surface area contributed by atoms with Crippen molar-refractivity contribution in [3.8, 4) is 0 Å². The van der Waals surface area contributed by atoms with Crippen molar-refractivity contribution in [2.24, 2.45) is 58.6 Å². The standard InChI is InChI=1S/C85H142N22O29/c1-15-46(14)67(88)84(134)107-29-17-19-57(107)79(129)96-49(23-27-66(119)120)74(124)103-68(43(8)9)80(130)97-47(20-24-58(86)110)72(122)100-52(31-41(4)5)76(126)105-69(44(10)11)81(131)98-48(22-26-65(117)118)73(123)102-54(38-108)71(121)92-34-61(113)89-33-60(112)90-36-63(115)94-51(30-40(2)3)75(125)104-70(45(12)13)82(132)99-50(21-25-59(87)111)83(133)106-28-16-18-56(106)78(128)93-35-62(114)91-37-64(116)95-55(39-109)77(127)101-53(85(135)136)32-42(6)7/h40-57,67-70,108-109H,15-39,88H2,1-14H3,(H2,86,110)(H2,87,111)(H,89,113)(H,90,112)(H,91,114)(H,92,121)(H,93,128)(H,94,115)(H,95,116)(H,96,129)(H,97,130)(H,98,131)(H,99,132)(H,100,122)(H,101,127)(H,102,123)(H,103,124)(H,104,125)(H,105,126)(H,117,118)(H,119,120)(H,135,136)/t46-,47-,48-,49-,50-,51-,52-,53-,54-,55-,56-,57-,67-,68-,69-,70-/m0/s1.